The van der Waals surface area contributed by atoms with Crippen molar-refractivity contribution < 1.29 is 56.2 Å². The molecule has 26 heterocycles. The third-order valence-electron chi connectivity index (χ3n) is 12.1. The Bertz CT molecular complexity index is 2420. The van der Waals surface area contributed by atoms with Crippen LogP contribution in [0.5, 0.6) is 23.0 Å². The van der Waals surface area contributed by atoms with E-state index in [0.29, 0.717) is 79.3 Å². The van der Waals surface area contributed by atoms with Crippen molar-refractivity contribution in [2.75, 3.05) is 79.3 Å². The van der Waals surface area contributed by atoms with Gasteiger partial charge in [-0.1, -0.05) is 0 Å². The largest absolute Gasteiger partial charge is 0.491 e. The highest BCUT2D eigenvalue weighted by molar-refractivity contribution is 5.61. The van der Waals surface area contributed by atoms with Gasteiger partial charge in [-0.05, 0) is 119 Å². The van der Waals surface area contributed by atoms with Crippen LogP contribution in [0.3, 0.4) is 0 Å². The van der Waals surface area contributed by atoms with Gasteiger partial charge in [-0.15, -0.1) is 0 Å². The maximum Gasteiger partial charge on any atom is 0.173 e. The molecular weight excluding hydrogens is 905 g/mol. The van der Waals surface area contributed by atoms with Gasteiger partial charge in [0, 0.05) is 70.8 Å². The van der Waals surface area contributed by atoms with Crippen LogP contribution < -0.4 is 37.2 Å². The molecule has 0 spiro atoms. The van der Waals surface area contributed by atoms with Crippen LogP contribution in [-0.2, 0) is 45.1 Å². The van der Waals surface area contributed by atoms with Crippen LogP contribution in [-0.4, -0.2) is 79.3 Å². The van der Waals surface area contributed by atoms with Crippen LogP contribution in [0.1, 0.15) is 22.3 Å². The van der Waals surface area contributed by atoms with E-state index in [1.165, 1.54) is 44.5 Å². The molecule has 30 rings (SSSR count). The zero-order chi connectivity index (χ0) is 48.8. The van der Waals surface area contributed by atoms with Gasteiger partial charge in [-0.3, -0.25) is 0 Å². The molecule has 0 fully saturated rings. The second-order valence-corrected chi connectivity index (χ2v) is 17.5. The SMILES string of the molecule is c1cc2ccc1C[n+]1ccc(cc1)-c1cc[n+](cc1)Cc1ccc(cc1)OCCOCCOCCOc1ccc(cc1)C[n+]1ccc(cc1)-c1cc[n+](cc1)Cc1ccc(cc1)OCCOCCOCCO2. The number of pyridine rings is 4. The van der Waals surface area contributed by atoms with Crippen molar-refractivity contribution in [3.63, 3.8) is 0 Å². The molecule has 0 aliphatic carbocycles. The Balaban J connectivity index is 0.740. The Hall–Kier alpha value is -7.48. The molecule has 0 radical (unpaired) electrons. The number of aromatic nitrogens is 4. The first-order valence-electron chi connectivity index (χ1n) is 24.8. The van der Waals surface area contributed by atoms with Crippen molar-refractivity contribution in [2.24, 2.45) is 0 Å². The third kappa shape index (κ3) is 15.8. The normalized spacial score (nSPS) is 15.1. The molecule has 22 aliphatic heterocycles. The van der Waals surface area contributed by atoms with E-state index in [1.807, 2.05) is 48.5 Å². The van der Waals surface area contributed by atoms with Crippen LogP contribution in [0, 0.1) is 0 Å². The summed E-state index contributed by atoms with van der Waals surface area (Å²) in [5, 5.41) is 0. The van der Waals surface area contributed by atoms with E-state index in [2.05, 4.69) is 165 Å². The van der Waals surface area contributed by atoms with Gasteiger partial charge in [0.05, 0.1) is 52.9 Å². The Kier molecular flexibility index (Phi) is 18.3. The molecule has 4 aromatic carbocycles. The second-order valence-electron chi connectivity index (χ2n) is 17.5. The Labute approximate surface area is 422 Å². The lowest BCUT2D eigenvalue weighted by Crippen LogP contribution is -2.33. The van der Waals surface area contributed by atoms with Gasteiger partial charge in [-0.25, -0.2) is 18.3 Å². The highest BCUT2D eigenvalue weighted by Crippen LogP contribution is 2.20. The number of rotatable bonds is 0. The summed E-state index contributed by atoms with van der Waals surface area (Å²) < 4.78 is 55.3. The van der Waals surface area contributed by atoms with E-state index in [1.54, 1.807) is 0 Å². The molecule has 0 unspecified atom stereocenters. The second kappa shape index (κ2) is 26.7. The Morgan fingerprint density at radius 2 is 0.389 bits per heavy atom. The summed E-state index contributed by atoms with van der Waals surface area (Å²) in [7, 11) is 0. The first kappa shape index (κ1) is 49.5. The van der Waals surface area contributed by atoms with Gasteiger partial charge in [0.2, 0.25) is 0 Å². The van der Waals surface area contributed by atoms with Crippen LogP contribution in [0.4, 0.5) is 0 Å². The van der Waals surface area contributed by atoms with Gasteiger partial charge in [0.25, 0.3) is 0 Å². The molecule has 0 N–H and O–H groups in total. The minimum absolute atomic E-state index is 0.468. The molecule has 72 heavy (non-hydrogen) atoms. The average molecular weight is 969 g/mol. The van der Waals surface area contributed by atoms with Crippen LogP contribution in [0.2, 0.25) is 0 Å². The summed E-state index contributed by atoms with van der Waals surface area (Å²) in [6, 6.07) is 50.2. The molecule has 16 bridgehead atoms. The van der Waals surface area contributed by atoms with Crippen LogP contribution in [0.25, 0.3) is 22.3 Å². The predicted molar refractivity (Wildman–Crippen MR) is 272 cm³/mol. The van der Waals surface area contributed by atoms with Crippen molar-refractivity contribution in [3.8, 4) is 45.3 Å². The van der Waals surface area contributed by atoms with Gasteiger partial charge in [0.15, 0.2) is 75.8 Å². The molecule has 0 atom stereocenters. The van der Waals surface area contributed by atoms with Crippen LogP contribution in [0.15, 0.2) is 195 Å². The number of hydrogen-bond donors (Lipinski definition) is 0. The van der Waals surface area contributed by atoms with Crippen LogP contribution >= 0.6 is 0 Å². The molecule has 22 aliphatic rings. The van der Waals surface area contributed by atoms with Crippen molar-refractivity contribution in [1.82, 2.24) is 0 Å². The zero-order valence-electron chi connectivity index (χ0n) is 40.8. The fraction of sp³-hybridized carbons (Fsp3) is 0.267. The number of benzene rings is 4. The summed E-state index contributed by atoms with van der Waals surface area (Å²) in [6.45, 7) is 8.84. The third-order valence-corrected chi connectivity index (χ3v) is 12.1. The van der Waals surface area contributed by atoms with E-state index < -0.39 is 0 Å². The quantitative estimate of drug-likeness (QED) is 0.143. The van der Waals surface area contributed by atoms with Crippen molar-refractivity contribution >= 4 is 0 Å². The number of nitrogens with zero attached hydrogens (tertiary/aromatic N) is 4. The first-order chi connectivity index (χ1) is 35.6. The molecule has 8 aromatic rings. The predicted octanol–water partition coefficient (Wildman–Crippen LogP) is 7.66. The fourth-order valence-electron chi connectivity index (χ4n) is 8.15. The lowest BCUT2D eigenvalue weighted by Gasteiger charge is -2.09. The van der Waals surface area contributed by atoms with E-state index in [9.17, 15) is 0 Å². The standard InChI is InChI=1S/C60H64N4O8/c1-9-57-10-2-49(1)45-61-25-17-53(18-26-61)54-19-27-62(28-20-54)46-50-3-11-59(12-4-50)71-43-39-67-35-36-68-40-44-72-60-15-7-52(8-16-60)48-64-31-23-56(24-32-64)55-21-29-63(30-22-55)47-51-5-13-58(14-6-51)70-42-38-66-34-33-65-37-41-69-57/h1-32H,33-48H2/q+4. The van der Waals surface area contributed by atoms with E-state index in [4.69, 9.17) is 37.9 Å². The molecule has 0 saturated heterocycles. The average Bonchev–Trinajstić information content (AvgIpc) is 3.42. The minimum Gasteiger partial charge on any atom is -0.491 e. The molecule has 12 heteroatoms. The summed E-state index contributed by atoms with van der Waals surface area (Å²) in [4.78, 5) is 0. The molecule has 368 valence electrons. The van der Waals surface area contributed by atoms with Gasteiger partial charge < -0.3 is 37.9 Å². The summed E-state index contributed by atoms with van der Waals surface area (Å²) >= 11 is 0. The highest BCUT2D eigenvalue weighted by Gasteiger charge is 2.11. The fourth-order valence-corrected chi connectivity index (χ4v) is 8.15. The first-order valence-corrected chi connectivity index (χ1v) is 24.8. The maximum atomic E-state index is 5.92. The smallest absolute Gasteiger partial charge is 0.173 e. The van der Waals surface area contributed by atoms with Gasteiger partial charge >= 0.3 is 0 Å². The summed E-state index contributed by atoms with van der Waals surface area (Å²) in [5.74, 6) is 3.28. The number of hydrogen-bond acceptors (Lipinski definition) is 8. The van der Waals surface area contributed by atoms with Crippen molar-refractivity contribution in [1.29, 1.82) is 0 Å². The van der Waals surface area contributed by atoms with E-state index >= 15 is 0 Å². The molecule has 0 saturated carbocycles. The lowest BCUT2D eigenvalue weighted by molar-refractivity contribution is -0.688. The Morgan fingerprint density at radius 1 is 0.208 bits per heavy atom. The monoisotopic (exact) mass is 968 g/mol. The minimum atomic E-state index is 0.468. The molecule has 12 nitrogen and oxygen atoms in total. The molecular formula is C60H64N4O8+4. The van der Waals surface area contributed by atoms with Gasteiger partial charge in [-0.2, -0.15) is 0 Å². The van der Waals surface area contributed by atoms with E-state index in [-0.39, 0.29) is 0 Å². The Morgan fingerprint density at radius 3 is 0.583 bits per heavy atom. The summed E-state index contributed by atoms with van der Waals surface area (Å²) in [5.41, 5.74) is 9.44. The van der Waals surface area contributed by atoms with Crippen molar-refractivity contribution in [3.05, 3.63) is 217 Å². The topological polar surface area (TPSA) is 89.4 Å². The molecule has 0 amide bonds. The van der Waals surface area contributed by atoms with Gasteiger partial charge in [0.1, 0.15) is 49.4 Å². The highest BCUT2D eigenvalue weighted by atomic mass is 16.6. The molecule has 4 aromatic heterocycles. The zero-order valence-corrected chi connectivity index (χ0v) is 40.8. The maximum absolute atomic E-state index is 5.92. The lowest BCUT2D eigenvalue weighted by atomic mass is 10.1. The van der Waals surface area contributed by atoms with Crippen molar-refractivity contribution in [2.45, 2.75) is 26.2 Å². The number of ether oxygens (including phenoxy) is 8. The summed E-state index contributed by atoms with van der Waals surface area (Å²) in [6.07, 6.45) is 17.0. The van der Waals surface area contributed by atoms with E-state index in [0.717, 1.165) is 49.2 Å².